The molecule has 0 nitrogen and oxygen atoms in total. The van der Waals surface area contributed by atoms with E-state index in [1.807, 2.05) is 11.3 Å². The van der Waals surface area contributed by atoms with Crippen molar-refractivity contribution in [2.45, 2.75) is 6.92 Å². The summed E-state index contributed by atoms with van der Waals surface area (Å²) in [5.41, 5.74) is 0. The molecule has 2 heteroatoms. The molecule has 25 heavy (non-hydrogen) atoms. The summed E-state index contributed by atoms with van der Waals surface area (Å²) in [5.74, 6) is 0. The molecule has 0 amide bonds. The number of rotatable bonds is 4. The Morgan fingerprint density at radius 1 is 0.520 bits per heavy atom. The van der Waals surface area contributed by atoms with Crippen LogP contribution in [-0.2, 0) is 0 Å². The van der Waals surface area contributed by atoms with Gasteiger partial charge in [0.15, 0.2) is 8.07 Å². The van der Waals surface area contributed by atoms with Crippen molar-refractivity contribution in [3.63, 3.8) is 0 Å². The summed E-state index contributed by atoms with van der Waals surface area (Å²) in [6.07, 6.45) is 0. The molecule has 0 atom stereocenters. The lowest BCUT2D eigenvalue weighted by molar-refractivity contribution is 1.64. The van der Waals surface area contributed by atoms with Gasteiger partial charge in [0, 0.05) is 9.38 Å². The van der Waals surface area contributed by atoms with Gasteiger partial charge in [-0.25, -0.2) is 0 Å². The maximum absolute atomic E-state index is 2.35. The molecule has 0 fully saturated rings. The van der Waals surface area contributed by atoms with Gasteiger partial charge in [-0.15, -0.1) is 11.3 Å². The van der Waals surface area contributed by atoms with Gasteiger partial charge < -0.3 is 0 Å². The third kappa shape index (κ3) is 2.78. The van der Waals surface area contributed by atoms with Crippen molar-refractivity contribution < 1.29 is 0 Å². The Morgan fingerprint density at radius 2 is 0.920 bits per heavy atom. The SMILES string of the molecule is Cc1ccc([Si](c2ccccc2)(c2ccccc2)c2ccccc2)s1. The number of benzene rings is 3. The second kappa shape index (κ2) is 6.83. The zero-order valence-corrected chi connectivity index (χ0v) is 16.0. The van der Waals surface area contributed by atoms with Gasteiger partial charge in [0.1, 0.15) is 0 Å². The van der Waals surface area contributed by atoms with Gasteiger partial charge in [-0.2, -0.15) is 0 Å². The van der Waals surface area contributed by atoms with Crippen LogP contribution in [0.4, 0.5) is 0 Å². The van der Waals surface area contributed by atoms with Gasteiger partial charge in [0.25, 0.3) is 0 Å². The van der Waals surface area contributed by atoms with Crippen LogP contribution >= 0.6 is 11.3 Å². The predicted molar refractivity (Wildman–Crippen MR) is 113 cm³/mol. The zero-order chi connectivity index (χ0) is 17.1. The normalized spacial score (nSPS) is 11.4. The quantitative estimate of drug-likeness (QED) is 0.388. The Hall–Kier alpha value is -2.42. The molecule has 4 rings (SSSR count). The summed E-state index contributed by atoms with van der Waals surface area (Å²) in [7, 11) is -2.26. The first-order valence-electron chi connectivity index (χ1n) is 8.55. The summed E-state index contributed by atoms with van der Waals surface area (Å²) < 4.78 is 1.49. The van der Waals surface area contributed by atoms with E-state index in [9.17, 15) is 0 Å². The molecule has 0 saturated carbocycles. The van der Waals surface area contributed by atoms with Crippen molar-refractivity contribution >= 4 is 39.5 Å². The van der Waals surface area contributed by atoms with Crippen LogP contribution in [0, 0.1) is 6.92 Å². The average molecular weight is 357 g/mol. The van der Waals surface area contributed by atoms with E-state index in [0.29, 0.717) is 0 Å². The molecular formula is C23H20SSi. The van der Waals surface area contributed by atoms with Gasteiger partial charge in [-0.3, -0.25) is 0 Å². The molecule has 0 aliphatic heterocycles. The van der Waals surface area contributed by atoms with E-state index in [1.54, 1.807) is 0 Å². The van der Waals surface area contributed by atoms with Gasteiger partial charge in [-0.05, 0) is 28.6 Å². The number of aryl methyl sites for hydroxylation is 1. The average Bonchev–Trinajstić information content (AvgIpc) is 3.12. The van der Waals surface area contributed by atoms with Crippen LogP contribution < -0.4 is 20.1 Å². The lowest BCUT2D eigenvalue weighted by Gasteiger charge is -2.32. The minimum Gasteiger partial charge on any atom is -0.149 e. The highest BCUT2D eigenvalue weighted by atomic mass is 32.1. The Balaban J connectivity index is 2.12. The minimum atomic E-state index is -2.26. The summed E-state index contributed by atoms with van der Waals surface area (Å²) >= 11 is 1.94. The highest BCUT2D eigenvalue weighted by Crippen LogP contribution is 2.14. The molecule has 0 unspecified atom stereocenters. The Bertz CT molecular complexity index is 846. The standard InChI is InChI=1S/C23H20SSi/c1-19-17-18-23(24-19)25(20-11-5-2-6-12-20,21-13-7-3-8-14-21)22-15-9-4-10-16-22/h2-18H,1H3. The fourth-order valence-electron chi connectivity index (χ4n) is 3.63. The molecule has 0 aliphatic rings. The van der Waals surface area contributed by atoms with Crippen molar-refractivity contribution in [1.29, 1.82) is 0 Å². The van der Waals surface area contributed by atoms with E-state index in [0.717, 1.165) is 0 Å². The Kier molecular flexibility index (Phi) is 4.39. The van der Waals surface area contributed by atoms with Crippen LogP contribution in [0.3, 0.4) is 0 Å². The second-order valence-electron chi connectivity index (χ2n) is 6.26. The van der Waals surface area contributed by atoms with Crippen molar-refractivity contribution in [2.75, 3.05) is 0 Å². The highest BCUT2D eigenvalue weighted by Gasteiger charge is 2.42. The molecule has 0 N–H and O–H groups in total. The fraction of sp³-hybridized carbons (Fsp3) is 0.0435. The fourth-order valence-corrected chi connectivity index (χ4v) is 10.7. The molecule has 122 valence electrons. The predicted octanol–water partition coefficient (Wildman–Crippen LogP) is 3.43. The van der Waals surface area contributed by atoms with Crippen LogP contribution in [-0.4, -0.2) is 8.07 Å². The van der Waals surface area contributed by atoms with Gasteiger partial charge in [0.05, 0.1) is 0 Å². The smallest absolute Gasteiger partial charge is 0.149 e. The maximum Gasteiger partial charge on any atom is 0.191 e. The van der Waals surface area contributed by atoms with E-state index in [2.05, 4.69) is 110 Å². The summed E-state index contributed by atoms with van der Waals surface area (Å²) in [5, 5.41) is 4.32. The largest absolute Gasteiger partial charge is 0.191 e. The van der Waals surface area contributed by atoms with E-state index >= 15 is 0 Å². The molecule has 0 spiro atoms. The summed E-state index contributed by atoms with van der Waals surface area (Å²) in [4.78, 5) is 1.37. The summed E-state index contributed by atoms with van der Waals surface area (Å²) in [6.45, 7) is 2.20. The Labute approximate surface area is 154 Å². The second-order valence-corrected chi connectivity index (χ2v) is 11.7. The van der Waals surface area contributed by atoms with Gasteiger partial charge in [-0.1, -0.05) is 97.1 Å². The first kappa shape index (κ1) is 16.1. The Morgan fingerprint density at radius 3 is 1.24 bits per heavy atom. The highest BCUT2D eigenvalue weighted by molar-refractivity contribution is 7.36. The molecule has 3 aromatic carbocycles. The molecule has 0 saturated heterocycles. The van der Waals surface area contributed by atoms with Crippen LogP contribution in [0.15, 0.2) is 103 Å². The lowest BCUT2D eigenvalue weighted by Crippen LogP contribution is -2.74. The lowest BCUT2D eigenvalue weighted by atomic mass is 10.3. The van der Waals surface area contributed by atoms with Crippen LogP contribution in [0.1, 0.15) is 4.88 Å². The molecular weight excluding hydrogens is 336 g/mol. The summed E-state index contributed by atoms with van der Waals surface area (Å²) in [6, 6.07) is 37.8. The van der Waals surface area contributed by atoms with Gasteiger partial charge >= 0.3 is 0 Å². The minimum absolute atomic E-state index is 1.37. The van der Waals surface area contributed by atoms with E-state index in [-0.39, 0.29) is 0 Å². The van der Waals surface area contributed by atoms with Crippen molar-refractivity contribution in [1.82, 2.24) is 0 Å². The third-order valence-electron chi connectivity index (χ3n) is 4.73. The van der Waals surface area contributed by atoms with Crippen LogP contribution in [0.25, 0.3) is 0 Å². The van der Waals surface area contributed by atoms with E-state index in [4.69, 9.17) is 0 Å². The van der Waals surface area contributed by atoms with Crippen molar-refractivity contribution in [2.24, 2.45) is 0 Å². The van der Waals surface area contributed by atoms with Crippen molar-refractivity contribution in [3.05, 3.63) is 108 Å². The molecule has 0 radical (unpaired) electrons. The third-order valence-corrected chi connectivity index (χ3v) is 11.3. The molecule has 1 aromatic heterocycles. The van der Waals surface area contributed by atoms with E-state index in [1.165, 1.54) is 24.9 Å². The number of thiophene rings is 1. The van der Waals surface area contributed by atoms with Crippen molar-refractivity contribution in [3.8, 4) is 0 Å². The topological polar surface area (TPSA) is 0 Å². The first-order chi connectivity index (χ1) is 12.3. The molecule has 0 bridgehead atoms. The maximum atomic E-state index is 2.35. The molecule has 0 aliphatic carbocycles. The molecule has 4 aromatic rings. The number of hydrogen-bond donors (Lipinski definition) is 0. The van der Waals surface area contributed by atoms with Crippen LogP contribution in [0.2, 0.25) is 0 Å². The molecule has 1 heterocycles. The first-order valence-corrected chi connectivity index (χ1v) is 11.4. The van der Waals surface area contributed by atoms with Gasteiger partial charge in [0.2, 0.25) is 0 Å². The van der Waals surface area contributed by atoms with E-state index < -0.39 is 8.07 Å². The zero-order valence-electron chi connectivity index (χ0n) is 14.2. The monoisotopic (exact) mass is 356 g/mol. The number of hydrogen-bond acceptors (Lipinski definition) is 1. The van der Waals surface area contributed by atoms with Crippen LogP contribution in [0.5, 0.6) is 0 Å².